The zero-order valence-corrected chi connectivity index (χ0v) is 19.1. The first-order valence-electron chi connectivity index (χ1n) is 10.2. The lowest BCUT2D eigenvalue weighted by Gasteiger charge is -2.11. The molecule has 1 heterocycles. The molecule has 0 atom stereocenters. The minimum atomic E-state index is -1.07. The van der Waals surface area contributed by atoms with E-state index in [4.69, 9.17) is 20.0 Å². The number of carbonyl (C=O) groups is 3. The van der Waals surface area contributed by atoms with Crippen LogP contribution in [0.25, 0.3) is 10.9 Å². The summed E-state index contributed by atoms with van der Waals surface area (Å²) in [5, 5.41) is 9.19. The summed E-state index contributed by atoms with van der Waals surface area (Å²) < 4.78 is 10.0. The largest absolute Gasteiger partial charge is 0.478 e. The fourth-order valence-electron chi connectivity index (χ4n) is 2.92. The van der Waals surface area contributed by atoms with E-state index in [9.17, 15) is 19.2 Å². The molecule has 3 rings (SSSR count). The molecule has 0 aliphatic carbocycles. The predicted molar refractivity (Wildman–Crippen MR) is 124 cm³/mol. The molecule has 2 aromatic carbocycles. The zero-order chi connectivity index (χ0) is 25.3. The van der Waals surface area contributed by atoms with Crippen LogP contribution >= 0.6 is 0 Å². The third kappa shape index (κ3) is 7.05. The van der Waals surface area contributed by atoms with E-state index in [0.29, 0.717) is 37.0 Å². The Hall–Kier alpha value is -4.41. The maximum Gasteiger partial charge on any atom is 0.397 e. The summed E-state index contributed by atoms with van der Waals surface area (Å²) in [5.41, 5.74) is 7.36. The molecule has 180 valence electrons. The summed E-state index contributed by atoms with van der Waals surface area (Å²) in [5.74, 6) is -1.07. The van der Waals surface area contributed by atoms with Gasteiger partial charge in [-0.3, -0.25) is 9.59 Å². The summed E-state index contributed by atoms with van der Waals surface area (Å²) in [6, 6.07) is 9.88. The number of amides is 2. The van der Waals surface area contributed by atoms with Gasteiger partial charge in [0.05, 0.1) is 23.1 Å². The van der Waals surface area contributed by atoms with Crippen LogP contribution < -0.4 is 16.1 Å². The monoisotopic (exact) mass is 470 g/mol. The average molecular weight is 470 g/mol. The van der Waals surface area contributed by atoms with Crippen molar-refractivity contribution in [3.8, 4) is 6.08 Å². The van der Waals surface area contributed by atoms with Crippen molar-refractivity contribution in [2.24, 2.45) is 0 Å². The van der Waals surface area contributed by atoms with Crippen LogP contribution in [0.3, 0.4) is 0 Å². The van der Waals surface area contributed by atoms with Gasteiger partial charge < -0.3 is 29.8 Å². The van der Waals surface area contributed by atoms with Gasteiger partial charge in [-0.15, -0.1) is 0 Å². The van der Waals surface area contributed by atoms with E-state index in [1.165, 1.54) is 21.9 Å². The summed E-state index contributed by atoms with van der Waals surface area (Å²) in [6.45, 7) is 2.95. The van der Waals surface area contributed by atoms with Gasteiger partial charge in [0.25, 0.3) is 0 Å². The molecule has 0 unspecified atom stereocenters. The van der Waals surface area contributed by atoms with Crippen molar-refractivity contribution >= 4 is 35.4 Å². The Bertz CT molecular complexity index is 1230. The summed E-state index contributed by atoms with van der Waals surface area (Å²) >= 11 is 0. The molecule has 1 aromatic heterocycles. The van der Waals surface area contributed by atoms with Gasteiger partial charge in [0.2, 0.25) is 12.8 Å². The van der Waals surface area contributed by atoms with Gasteiger partial charge in [0.1, 0.15) is 0 Å². The standard InChI is InChI=1S/C13H14N2O4.C10H12N2O3/c1-3-18-13-14-11-5-4-9(7-15(2)8-16)6-10(11)12(17)19-13;1-12(6-13)5-7-2-3-9(11)8(4-7)10(14)15/h4-6,8H,3,7H2,1-2H3;2-4,6H,5,11H2,1H3,(H,14,15). The van der Waals surface area contributed by atoms with Crippen LogP contribution in [-0.4, -0.2) is 59.4 Å². The van der Waals surface area contributed by atoms with Gasteiger partial charge in [0, 0.05) is 32.9 Å². The van der Waals surface area contributed by atoms with E-state index >= 15 is 0 Å². The van der Waals surface area contributed by atoms with Crippen LogP contribution in [0.1, 0.15) is 28.4 Å². The van der Waals surface area contributed by atoms with E-state index in [-0.39, 0.29) is 17.3 Å². The van der Waals surface area contributed by atoms with Crippen molar-refractivity contribution in [1.82, 2.24) is 14.8 Å². The zero-order valence-electron chi connectivity index (χ0n) is 19.1. The van der Waals surface area contributed by atoms with Gasteiger partial charge in [-0.05, 0) is 42.3 Å². The molecule has 3 N–H and O–H groups in total. The maximum absolute atomic E-state index is 11.8. The molecule has 0 aliphatic heterocycles. The third-order valence-corrected chi connectivity index (χ3v) is 4.51. The van der Waals surface area contributed by atoms with Gasteiger partial charge in [-0.2, -0.15) is 4.98 Å². The Morgan fingerprint density at radius 3 is 2.24 bits per heavy atom. The van der Waals surface area contributed by atoms with Crippen LogP contribution in [0.15, 0.2) is 45.6 Å². The van der Waals surface area contributed by atoms with E-state index in [2.05, 4.69) is 4.98 Å². The number of hydrogen-bond donors (Lipinski definition) is 2. The highest BCUT2D eigenvalue weighted by Crippen LogP contribution is 2.16. The van der Waals surface area contributed by atoms with Crippen molar-refractivity contribution in [3.63, 3.8) is 0 Å². The number of anilines is 1. The Labute approximate surface area is 195 Å². The number of hydrogen-bond acceptors (Lipinski definition) is 8. The number of carboxylic acid groups (broad SMARTS) is 1. The Morgan fingerprint density at radius 2 is 1.68 bits per heavy atom. The first kappa shape index (κ1) is 25.8. The van der Waals surface area contributed by atoms with Gasteiger partial charge in [-0.1, -0.05) is 12.1 Å². The predicted octanol–water partition coefficient (Wildman–Crippen LogP) is 1.73. The number of nitrogen functional groups attached to an aromatic ring is 1. The molecule has 2 amide bonds. The van der Waals surface area contributed by atoms with E-state index in [1.54, 1.807) is 39.2 Å². The van der Waals surface area contributed by atoms with E-state index in [1.807, 2.05) is 6.07 Å². The molecule has 0 radical (unpaired) electrons. The first-order valence-corrected chi connectivity index (χ1v) is 10.2. The number of carbonyl (C=O) groups excluding carboxylic acids is 2. The molecule has 11 heteroatoms. The van der Waals surface area contributed by atoms with Crippen molar-refractivity contribution in [2.75, 3.05) is 26.4 Å². The SMILES string of the molecule is CCOc1nc2ccc(CN(C)C=O)cc2c(=O)o1.CN(C=O)Cc1ccc(N)c(C(=O)O)c1. The number of aromatic nitrogens is 1. The number of benzene rings is 2. The fourth-order valence-corrected chi connectivity index (χ4v) is 2.92. The minimum Gasteiger partial charge on any atom is -0.478 e. The van der Waals surface area contributed by atoms with E-state index in [0.717, 1.165) is 17.5 Å². The lowest BCUT2D eigenvalue weighted by atomic mass is 10.1. The number of rotatable bonds is 9. The minimum absolute atomic E-state index is 0.0299. The Morgan fingerprint density at radius 1 is 1.09 bits per heavy atom. The molecule has 11 nitrogen and oxygen atoms in total. The van der Waals surface area contributed by atoms with Crippen LogP contribution in [-0.2, 0) is 22.7 Å². The van der Waals surface area contributed by atoms with E-state index < -0.39 is 11.6 Å². The van der Waals surface area contributed by atoms with Crippen molar-refractivity contribution in [2.45, 2.75) is 20.0 Å². The van der Waals surface area contributed by atoms with Gasteiger partial charge >= 0.3 is 17.7 Å². The molecule has 3 aromatic rings. The Kier molecular flexibility index (Phi) is 9.12. The summed E-state index contributed by atoms with van der Waals surface area (Å²) in [4.78, 5) is 50.5. The molecule has 0 fully saturated rings. The second-order valence-electron chi connectivity index (χ2n) is 7.32. The number of nitrogens with zero attached hydrogens (tertiary/aromatic N) is 3. The molecular formula is C23H26N4O7. The lowest BCUT2D eigenvalue weighted by molar-refractivity contribution is -0.118. The van der Waals surface area contributed by atoms with Crippen molar-refractivity contribution in [1.29, 1.82) is 0 Å². The topological polar surface area (TPSA) is 156 Å². The fraction of sp³-hybridized carbons (Fsp3) is 0.261. The summed E-state index contributed by atoms with van der Waals surface area (Å²) in [6.07, 6.45) is 1.37. The van der Waals surface area contributed by atoms with Crippen LogP contribution in [0, 0.1) is 0 Å². The number of nitrogens with two attached hydrogens (primary N) is 1. The molecule has 34 heavy (non-hydrogen) atoms. The maximum atomic E-state index is 11.8. The van der Waals surface area contributed by atoms with Crippen LogP contribution in [0.2, 0.25) is 0 Å². The van der Waals surface area contributed by atoms with Gasteiger partial charge in [0.15, 0.2) is 0 Å². The molecule has 0 saturated carbocycles. The number of ether oxygens (including phenoxy) is 1. The smallest absolute Gasteiger partial charge is 0.397 e. The highest BCUT2D eigenvalue weighted by Gasteiger charge is 2.10. The van der Waals surface area contributed by atoms with Crippen LogP contribution in [0.5, 0.6) is 6.08 Å². The van der Waals surface area contributed by atoms with Crippen LogP contribution in [0.4, 0.5) is 5.69 Å². The molecule has 0 bridgehead atoms. The highest BCUT2D eigenvalue weighted by molar-refractivity contribution is 5.93. The highest BCUT2D eigenvalue weighted by atomic mass is 16.6. The number of carboxylic acids is 1. The molecule has 0 spiro atoms. The Balaban J connectivity index is 0.000000248. The normalized spacial score (nSPS) is 10.1. The summed E-state index contributed by atoms with van der Waals surface area (Å²) in [7, 11) is 3.28. The first-order chi connectivity index (χ1) is 16.2. The quantitative estimate of drug-likeness (QED) is 0.351. The average Bonchev–Trinajstić information content (AvgIpc) is 2.81. The van der Waals surface area contributed by atoms with Gasteiger partial charge in [-0.25, -0.2) is 9.59 Å². The second kappa shape index (κ2) is 12.0. The number of fused-ring (bicyclic) bond motifs is 1. The van der Waals surface area contributed by atoms with Crippen molar-refractivity contribution < 1.29 is 28.6 Å². The number of aromatic carboxylic acids is 1. The molecule has 0 saturated heterocycles. The lowest BCUT2D eigenvalue weighted by Crippen LogP contribution is -2.15. The van der Waals surface area contributed by atoms with Crippen molar-refractivity contribution in [3.05, 3.63) is 63.5 Å². The third-order valence-electron chi connectivity index (χ3n) is 4.51. The molecular weight excluding hydrogens is 444 g/mol. The second-order valence-corrected chi connectivity index (χ2v) is 7.32. The molecule has 0 aliphatic rings.